The zero-order valence-electron chi connectivity index (χ0n) is 18.8. The van der Waals surface area contributed by atoms with Crippen molar-refractivity contribution in [2.75, 3.05) is 4.90 Å². The van der Waals surface area contributed by atoms with E-state index in [2.05, 4.69) is 30.5 Å². The molecule has 2 N–H and O–H groups in total. The fourth-order valence-electron chi connectivity index (χ4n) is 5.35. The Balaban J connectivity index is 1.26. The van der Waals surface area contributed by atoms with Crippen molar-refractivity contribution in [2.24, 2.45) is 0 Å². The summed E-state index contributed by atoms with van der Waals surface area (Å²) < 4.78 is 30.3. The topological polar surface area (TPSA) is 116 Å². The van der Waals surface area contributed by atoms with Gasteiger partial charge < -0.3 is 15.3 Å². The molecule has 2 saturated heterocycles. The van der Waals surface area contributed by atoms with Crippen molar-refractivity contribution in [1.82, 2.24) is 30.3 Å². The minimum absolute atomic E-state index is 0.114. The molecule has 0 spiro atoms. The molecule has 2 aliphatic heterocycles. The number of nitriles is 1. The highest BCUT2D eigenvalue weighted by Crippen LogP contribution is 2.39. The maximum Gasteiger partial charge on any atom is 0.198 e. The molecule has 2 bridgehead atoms. The lowest BCUT2D eigenvalue weighted by Gasteiger charge is -2.47. The van der Waals surface area contributed by atoms with Crippen LogP contribution in [0.15, 0.2) is 30.6 Å². The molecule has 0 radical (unpaired) electrons. The third-order valence-corrected chi connectivity index (χ3v) is 7.17. The number of piperidine rings is 2. The largest absolute Gasteiger partial charge is 0.507 e. The number of anilines is 1. The van der Waals surface area contributed by atoms with E-state index in [1.165, 1.54) is 10.7 Å². The molecule has 3 fully saturated rings. The van der Waals surface area contributed by atoms with Crippen LogP contribution in [0.4, 0.5) is 14.6 Å². The minimum atomic E-state index is -0.973. The molecule has 3 aromatic rings. The summed E-state index contributed by atoms with van der Waals surface area (Å²) in [5.41, 5.74) is 0.394. The summed E-state index contributed by atoms with van der Waals surface area (Å²) in [7, 11) is 0. The van der Waals surface area contributed by atoms with Gasteiger partial charge in [0.15, 0.2) is 23.2 Å². The summed E-state index contributed by atoms with van der Waals surface area (Å²) >= 11 is 0. The van der Waals surface area contributed by atoms with Gasteiger partial charge in [0, 0.05) is 24.2 Å². The summed E-state index contributed by atoms with van der Waals surface area (Å²) in [4.78, 5) is 6.50. The standard InChI is InChI=1S/C24H24F2N8O/c25-17-12-33(32-19(17)10-27)15-6-7-16(21(35)9-15)24-28-11-22(30-31-24)34(14-4-5-14)20-8-13-2-1-3-18(29-13)23(20)26/h6-7,9,11-14,18,20,23,29,35H,1-5,8H2/t13-,18+,20-,23+/m1/s1. The van der Waals surface area contributed by atoms with E-state index in [9.17, 15) is 9.50 Å². The number of benzene rings is 1. The molecule has 0 amide bonds. The predicted octanol–water partition coefficient (Wildman–Crippen LogP) is 3.03. The fraction of sp³-hybridized carbons (Fsp3) is 0.458. The third-order valence-electron chi connectivity index (χ3n) is 7.17. The molecule has 4 atom stereocenters. The van der Waals surface area contributed by atoms with Crippen LogP contribution in [0.5, 0.6) is 5.75 Å². The van der Waals surface area contributed by atoms with Crippen molar-refractivity contribution >= 4 is 5.82 Å². The first-order chi connectivity index (χ1) is 17.0. The van der Waals surface area contributed by atoms with Crippen LogP contribution >= 0.6 is 0 Å². The number of alkyl halides is 1. The number of aromatic hydroxyl groups is 1. The highest BCUT2D eigenvalue weighted by molar-refractivity contribution is 5.66. The molecule has 6 rings (SSSR count). The van der Waals surface area contributed by atoms with Crippen LogP contribution in [0.2, 0.25) is 0 Å². The third kappa shape index (κ3) is 3.97. The van der Waals surface area contributed by atoms with Crippen molar-refractivity contribution in [3.05, 3.63) is 42.1 Å². The first-order valence-corrected chi connectivity index (χ1v) is 11.9. The summed E-state index contributed by atoms with van der Waals surface area (Å²) in [6.45, 7) is 0. The second-order valence-corrected chi connectivity index (χ2v) is 9.51. The summed E-state index contributed by atoms with van der Waals surface area (Å²) in [6, 6.07) is 6.47. The Morgan fingerprint density at radius 1 is 1.20 bits per heavy atom. The monoisotopic (exact) mass is 478 g/mol. The maximum atomic E-state index is 15.4. The molecule has 0 unspecified atom stereocenters. The number of rotatable bonds is 5. The summed E-state index contributed by atoms with van der Waals surface area (Å²) in [5.74, 6) is -0.110. The van der Waals surface area contributed by atoms with Crippen molar-refractivity contribution in [2.45, 2.75) is 68.9 Å². The van der Waals surface area contributed by atoms with Gasteiger partial charge in [-0.2, -0.15) is 10.4 Å². The SMILES string of the molecule is N#Cc1nn(-c2ccc(-c3ncc(N(C4CC4)[C@@H]4C[C@H]5CCC[C@H](N5)[C@@H]4F)nn3)c(O)c2)cc1F. The van der Waals surface area contributed by atoms with Gasteiger partial charge in [0.25, 0.3) is 0 Å². The first-order valence-electron chi connectivity index (χ1n) is 11.9. The molecule has 1 aliphatic carbocycles. The number of hydrogen-bond acceptors (Lipinski definition) is 8. The smallest absolute Gasteiger partial charge is 0.198 e. The van der Waals surface area contributed by atoms with E-state index >= 15 is 4.39 Å². The van der Waals surface area contributed by atoms with Gasteiger partial charge in [-0.3, -0.25) is 0 Å². The highest BCUT2D eigenvalue weighted by Gasteiger charge is 2.46. The average Bonchev–Trinajstić information content (AvgIpc) is 3.63. The van der Waals surface area contributed by atoms with Gasteiger partial charge in [0.1, 0.15) is 18.0 Å². The van der Waals surface area contributed by atoms with Crippen molar-refractivity contribution < 1.29 is 13.9 Å². The lowest BCUT2D eigenvalue weighted by molar-refractivity contribution is 0.104. The quantitative estimate of drug-likeness (QED) is 0.575. The van der Waals surface area contributed by atoms with E-state index in [1.54, 1.807) is 24.4 Å². The maximum absolute atomic E-state index is 15.4. The molecule has 4 heterocycles. The van der Waals surface area contributed by atoms with Gasteiger partial charge in [-0.25, -0.2) is 18.4 Å². The van der Waals surface area contributed by atoms with Crippen LogP contribution in [0, 0.1) is 17.1 Å². The Labute approximate surface area is 200 Å². The summed E-state index contributed by atoms with van der Waals surface area (Å²) in [5, 5.41) is 35.4. The lowest BCUT2D eigenvalue weighted by atomic mass is 9.82. The molecule has 1 saturated carbocycles. The minimum Gasteiger partial charge on any atom is -0.507 e. The lowest BCUT2D eigenvalue weighted by Crippen LogP contribution is -2.62. The van der Waals surface area contributed by atoms with Crippen molar-refractivity contribution in [3.8, 4) is 28.9 Å². The average molecular weight is 479 g/mol. The molecule has 2 aromatic heterocycles. The molecule has 180 valence electrons. The van der Waals surface area contributed by atoms with Gasteiger partial charge >= 0.3 is 0 Å². The molecular formula is C24H24F2N8O. The zero-order chi connectivity index (χ0) is 24.1. The Hall–Kier alpha value is -3.65. The molecule has 9 nitrogen and oxygen atoms in total. The first kappa shape index (κ1) is 21.9. The predicted molar refractivity (Wildman–Crippen MR) is 122 cm³/mol. The Morgan fingerprint density at radius 3 is 2.74 bits per heavy atom. The number of aromatic nitrogens is 5. The number of hydrogen-bond donors (Lipinski definition) is 2. The van der Waals surface area contributed by atoms with E-state index in [4.69, 9.17) is 5.26 Å². The number of phenolic OH excluding ortho intramolecular Hbond substituents is 1. The van der Waals surface area contributed by atoms with Gasteiger partial charge in [-0.15, -0.1) is 10.2 Å². The van der Waals surface area contributed by atoms with Crippen LogP contribution in [0.3, 0.4) is 0 Å². The van der Waals surface area contributed by atoms with Gasteiger partial charge in [-0.05, 0) is 44.2 Å². The van der Waals surface area contributed by atoms with E-state index in [-0.39, 0.29) is 35.4 Å². The Bertz CT molecular complexity index is 1290. The molecule has 1 aromatic carbocycles. The summed E-state index contributed by atoms with van der Waals surface area (Å²) in [6.07, 6.45) is 7.41. The van der Waals surface area contributed by atoms with Gasteiger partial charge in [0.2, 0.25) is 0 Å². The van der Waals surface area contributed by atoms with Crippen LogP contribution in [-0.2, 0) is 0 Å². The number of nitrogens with one attached hydrogen (secondary N) is 1. The Kier molecular flexibility index (Phi) is 5.33. The number of halogens is 2. The fourth-order valence-corrected chi connectivity index (χ4v) is 5.35. The molecular weight excluding hydrogens is 454 g/mol. The second-order valence-electron chi connectivity index (χ2n) is 9.51. The number of phenols is 1. The zero-order valence-corrected chi connectivity index (χ0v) is 18.8. The van der Waals surface area contributed by atoms with E-state index in [0.717, 1.165) is 44.7 Å². The number of fused-ring (bicyclic) bond motifs is 2. The van der Waals surface area contributed by atoms with Crippen LogP contribution < -0.4 is 10.2 Å². The normalized spacial score (nSPS) is 25.7. The number of nitrogens with zero attached hydrogens (tertiary/aromatic N) is 7. The van der Waals surface area contributed by atoms with Gasteiger partial charge in [-0.1, -0.05) is 6.42 Å². The molecule has 3 aliphatic rings. The van der Waals surface area contributed by atoms with Crippen molar-refractivity contribution in [1.29, 1.82) is 5.26 Å². The van der Waals surface area contributed by atoms with Crippen LogP contribution in [-0.4, -0.2) is 60.4 Å². The highest BCUT2D eigenvalue weighted by atomic mass is 19.1. The Morgan fingerprint density at radius 2 is 2.06 bits per heavy atom. The van der Waals surface area contributed by atoms with Crippen molar-refractivity contribution in [3.63, 3.8) is 0 Å². The van der Waals surface area contributed by atoms with Gasteiger partial charge in [0.05, 0.1) is 29.7 Å². The van der Waals surface area contributed by atoms with E-state index in [0.29, 0.717) is 23.1 Å². The van der Waals surface area contributed by atoms with Crippen LogP contribution in [0.25, 0.3) is 17.1 Å². The second kappa shape index (κ2) is 8.53. The van der Waals surface area contributed by atoms with E-state index < -0.39 is 12.0 Å². The van der Waals surface area contributed by atoms with E-state index in [1.807, 2.05) is 0 Å². The molecule has 11 heteroatoms. The van der Waals surface area contributed by atoms with Crippen LogP contribution in [0.1, 0.15) is 44.2 Å². The molecule has 35 heavy (non-hydrogen) atoms.